The molecule has 0 saturated carbocycles. The highest BCUT2D eigenvalue weighted by molar-refractivity contribution is 6.08. The molecular weight excluding hydrogens is 102 g/mol. The van der Waals surface area contributed by atoms with E-state index < -0.39 is 0 Å². The summed E-state index contributed by atoms with van der Waals surface area (Å²) in [5.74, 6) is 0. The summed E-state index contributed by atoms with van der Waals surface area (Å²) in [5.41, 5.74) is 0. The van der Waals surface area contributed by atoms with Gasteiger partial charge in [0, 0.05) is 10.2 Å². The third-order valence-electron chi connectivity index (χ3n) is 1.34. The molecule has 0 fully saturated rings. The molecule has 44 valence electrons. The number of nitrogens with zero attached hydrogens (tertiary/aromatic N) is 1. The predicted molar refractivity (Wildman–Crippen MR) is 37.7 cm³/mol. The minimum Gasteiger partial charge on any atom is -0.308 e. The Kier molecular flexibility index (Phi) is 4.45. The molecule has 0 unspecified atom stereocenters. The molecule has 0 bridgehead atoms. The van der Waals surface area contributed by atoms with E-state index in [4.69, 9.17) is 0 Å². The summed E-state index contributed by atoms with van der Waals surface area (Å²) < 4.78 is 0. The molecule has 0 N–H and O–H groups in total. The second-order valence-electron chi connectivity index (χ2n) is 1.62. The van der Waals surface area contributed by atoms with Crippen molar-refractivity contribution in [2.24, 2.45) is 0 Å². The van der Waals surface area contributed by atoms with Crippen LogP contribution in [0.5, 0.6) is 0 Å². The van der Waals surface area contributed by atoms with Gasteiger partial charge in [-0.2, -0.15) is 0 Å². The van der Waals surface area contributed by atoms with Crippen LogP contribution < -0.4 is 0 Å². The Morgan fingerprint density at radius 2 is 1.71 bits per heavy atom. The molecule has 7 heavy (non-hydrogen) atoms. The maximum absolute atomic E-state index is 2.44. The van der Waals surface area contributed by atoms with E-state index in [1.807, 2.05) is 0 Å². The van der Waals surface area contributed by atoms with Crippen molar-refractivity contribution in [1.29, 1.82) is 0 Å². The molecular formula is C5H15NSi. The fraction of sp³-hybridized carbons (Fsp3) is 1.00. The van der Waals surface area contributed by atoms with Crippen molar-refractivity contribution in [3.8, 4) is 0 Å². The first-order valence-corrected chi connectivity index (χ1v) is 4.48. The van der Waals surface area contributed by atoms with E-state index in [-0.39, 0.29) is 0 Å². The molecule has 2 heteroatoms. The lowest BCUT2D eigenvalue weighted by molar-refractivity contribution is 0.354. The fourth-order valence-corrected chi connectivity index (χ4v) is 1.57. The van der Waals surface area contributed by atoms with E-state index in [1.54, 1.807) is 0 Å². The van der Waals surface area contributed by atoms with Crippen molar-refractivity contribution in [2.75, 3.05) is 19.3 Å². The first-order valence-electron chi connectivity index (χ1n) is 3.07. The summed E-state index contributed by atoms with van der Waals surface area (Å²) in [7, 11) is 1.32. The van der Waals surface area contributed by atoms with Crippen LogP contribution in [0.2, 0.25) is 0 Å². The summed E-state index contributed by atoms with van der Waals surface area (Å²) in [4.78, 5) is 2.44. The Morgan fingerprint density at radius 3 is 1.71 bits per heavy atom. The summed E-state index contributed by atoms with van der Waals surface area (Å²) >= 11 is 0. The Hall–Kier alpha value is 0.177. The summed E-state index contributed by atoms with van der Waals surface area (Å²) in [6.45, 7) is 6.86. The molecule has 0 aromatic carbocycles. The first-order chi connectivity index (χ1) is 3.35. The zero-order valence-electron chi connectivity index (χ0n) is 5.57. The smallest absolute Gasteiger partial charge is 0.0205 e. The zero-order chi connectivity index (χ0) is 5.70. The van der Waals surface area contributed by atoms with Gasteiger partial charge in [-0.3, -0.25) is 0 Å². The van der Waals surface area contributed by atoms with E-state index in [0.717, 1.165) is 0 Å². The van der Waals surface area contributed by atoms with E-state index in [2.05, 4.69) is 18.7 Å². The maximum Gasteiger partial charge on any atom is 0.0205 e. The van der Waals surface area contributed by atoms with Crippen molar-refractivity contribution in [3.63, 3.8) is 0 Å². The van der Waals surface area contributed by atoms with Gasteiger partial charge in [0.05, 0.1) is 0 Å². The quantitative estimate of drug-likeness (QED) is 0.457. The molecule has 0 aromatic heterocycles. The minimum absolute atomic E-state index is 1.22. The molecule has 0 aliphatic heterocycles. The largest absolute Gasteiger partial charge is 0.308 e. The van der Waals surface area contributed by atoms with Crippen LogP contribution in [-0.4, -0.2) is 34.4 Å². The summed E-state index contributed by atoms with van der Waals surface area (Å²) in [6.07, 6.45) is 1.33. The van der Waals surface area contributed by atoms with Crippen molar-refractivity contribution in [1.82, 2.24) is 4.90 Å². The molecule has 0 radical (unpaired) electrons. The predicted octanol–water partition coefficient (Wildman–Crippen LogP) is -0.349. The third kappa shape index (κ3) is 2.82. The molecule has 0 rings (SSSR count). The fourth-order valence-electron chi connectivity index (χ4n) is 0.671. The van der Waals surface area contributed by atoms with Gasteiger partial charge in [-0.05, 0) is 19.3 Å². The summed E-state index contributed by atoms with van der Waals surface area (Å²) in [5, 5.41) is 0. The van der Waals surface area contributed by atoms with Crippen LogP contribution in [0.15, 0.2) is 0 Å². The standard InChI is InChI=1S/C5H15NSi/c1-3-6(4-2)5-7/h3-5H2,1-2,7H3. The van der Waals surface area contributed by atoms with Crippen LogP contribution in [0.1, 0.15) is 13.8 Å². The monoisotopic (exact) mass is 117 g/mol. The molecule has 0 heterocycles. The van der Waals surface area contributed by atoms with Crippen LogP contribution in [0, 0.1) is 0 Å². The number of hydrogen-bond donors (Lipinski definition) is 0. The van der Waals surface area contributed by atoms with Crippen molar-refractivity contribution >= 4 is 10.2 Å². The van der Waals surface area contributed by atoms with Gasteiger partial charge in [0.1, 0.15) is 0 Å². The highest BCUT2D eigenvalue weighted by Crippen LogP contribution is 1.79. The molecule has 0 spiro atoms. The molecule has 0 atom stereocenters. The Bertz CT molecular complexity index is 29.6. The van der Waals surface area contributed by atoms with E-state index in [1.165, 1.54) is 29.5 Å². The first kappa shape index (κ1) is 7.18. The zero-order valence-corrected chi connectivity index (χ0v) is 7.57. The van der Waals surface area contributed by atoms with Gasteiger partial charge in [-0.15, -0.1) is 0 Å². The van der Waals surface area contributed by atoms with Gasteiger partial charge in [0.25, 0.3) is 0 Å². The average Bonchev–Trinajstić information content (AvgIpc) is 1.72. The average molecular weight is 117 g/mol. The second-order valence-corrected chi connectivity index (χ2v) is 2.25. The van der Waals surface area contributed by atoms with E-state index in [0.29, 0.717) is 0 Å². The van der Waals surface area contributed by atoms with Gasteiger partial charge in [-0.1, -0.05) is 13.8 Å². The third-order valence-corrected chi connectivity index (χ3v) is 2.24. The van der Waals surface area contributed by atoms with E-state index in [9.17, 15) is 0 Å². The van der Waals surface area contributed by atoms with E-state index >= 15 is 0 Å². The SMILES string of the molecule is CCN(CC)C[SiH3]. The van der Waals surface area contributed by atoms with Crippen LogP contribution in [-0.2, 0) is 0 Å². The second kappa shape index (κ2) is 4.34. The van der Waals surface area contributed by atoms with Gasteiger partial charge in [0.15, 0.2) is 0 Å². The normalized spacial score (nSPS) is 10.7. The topological polar surface area (TPSA) is 3.24 Å². The van der Waals surface area contributed by atoms with Crippen molar-refractivity contribution in [2.45, 2.75) is 13.8 Å². The highest BCUT2D eigenvalue weighted by Gasteiger charge is 1.89. The van der Waals surface area contributed by atoms with Crippen molar-refractivity contribution < 1.29 is 0 Å². The lowest BCUT2D eigenvalue weighted by Gasteiger charge is -2.13. The molecule has 0 amide bonds. The summed E-state index contributed by atoms with van der Waals surface area (Å²) in [6, 6.07) is 0. The molecule has 0 saturated heterocycles. The molecule has 1 nitrogen and oxygen atoms in total. The van der Waals surface area contributed by atoms with Gasteiger partial charge >= 0.3 is 0 Å². The van der Waals surface area contributed by atoms with Gasteiger partial charge < -0.3 is 4.90 Å². The van der Waals surface area contributed by atoms with Crippen molar-refractivity contribution in [3.05, 3.63) is 0 Å². The Labute approximate surface area is 49.1 Å². The lowest BCUT2D eigenvalue weighted by atomic mass is 10.6. The van der Waals surface area contributed by atoms with Gasteiger partial charge in [0.2, 0.25) is 0 Å². The molecule has 0 aliphatic rings. The Balaban J connectivity index is 2.99. The van der Waals surface area contributed by atoms with Crippen LogP contribution in [0.25, 0.3) is 0 Å². The number of hydrogen-bond acceptors (Lipinski definition) is 1. The van der Waals surface area contributed by atoms with Crippen LogP contribution in [0.4, 0.5) is 0 Å². The Morgan fingerprint density at radius 1 is 1.29 bits per heavy atom. The minimum atomic E-state index is 1.22. The van der Waals surface area contributed by atoms with Crippen LogP contribution in [0.3, 0.4) is 0 Å². The maximum atomic E-state index is 2.44. The highest BCUT2D eigenvalue weighted by atomic mass is 28.1. The lowest BCUT2D eigenvalue weighted by Crippen LogP contribution is -2.23. The van der Waals surface area contributed by atoms with Crippen LogP contribution >= 0.6 is 0 Å². The number of rotatable bonds is 3. The molecule has 0 aliphatic carbocycles. The molecule has 0 aromatic rings. The van der Waals surface area contributed by atoms with Gasteiger partial charge in [-0.25, -0.2) is 0 Å².